The number of hydrogen-bond acceptors (Lipinski definition) is 3. The molecular weight excluding hydrogens is 178 g/mol. The van der Waals surface area contributed by atoms with E-state index in [1.54, 1.807) is 12.3 Å². The molecule has 0 amide bonds. The predicted octanol–water partition coefficient (Wildman–Crippen LogP) is 1.79. The predicted molar refractivity (Wildman–Crippen MR) is 51.6 cm³/mol. The van der Waals surface area contributed by atoms with Gasteiger partial charge in [-0.3, -0.25) is 4.68 Å². The van der Waals surface area contributed by atoms with Gasteiger partial charge in [0.25, 0.3) is 0 Å². The fourth-order valence-electron chi connectivity index (χ4n) is 1.53. The normalized spacial score (nSPS) is 17.9. The third-order valence-corrected chi connectivity index (χ3v) is 2.65. The summed E-state index contributed by atoms with van der Waals surface area (Å²) in [7, 11) is 0. The van der Waals surface area contributed by atoms with Crippen molar-refractivity contribution in [2.24, 2.45) is 4.99 Å². The highest BCUT2D eigenvalue weighted by Crippen LogP contribution is 2.49. The van der Waals surface area contributed by atoms with Gasteiger partial charge in [-0.05, 0) is 26.7 Å². The minimum atomic E-state index is -0.283. The second-order valence-corrected chi connectivity index (χ2v) is 4.04. The molecular formula is C10H13N3O. The Hall–Kier alpha value is -1.41. The minimum Gasteiger partial charge on any atom is -0.270 e. The lowest BCUT2D eigenvalue weighted by molar-refractivity contribution is 0.531. The molecule has 0 aliphatic heterocycles. The first-order valence-electron chi connectivity index (χ1n) is 4.82. The van der Waals surface area contributed by atoms with E-state index in [4.69, 9.17) is 0 Å². The lowest BCUT2D eigenvalue weighted by Gasteiger charge is -2.05. The van der Waals surface area contributed by atoms with Crippen molar-refractivity contribution in [1.29, 1.82) is 0 Å². The van der Waals surface area contributed by atoms with E-state index in [1.165, 1.54) is 0 Å². The summed E-state index contributed by atoms with van der Waals surface area (Å²) < 4.78 is 1.88. The van der Waals surface area contributed by atoms with Gasteiger partial charge in [-0.2, -0.15) is 10.1 Å². The molecule has 2 rings (SSSR count). The van der Waals surface area contributed by atoms with Crippen molar-refractivity contribution in [3.63, 3.8) is 0 Å². The van der Waals surface area contributed by atoms with Crippen LogP contribution >= 0.6 is 0 Å². The number of aromatic nitrogens is 2. The maximum atomic E-state index is 10.3. The van der Waals surface area contributed by atoms with Gasteiger partial charge < -0.3 is 0 Å². The van der Waals surface area contributed by atoms with Crippen LogP contribution in [0.3, 0.4) is 0 Å². The van der Waals surface area contributed by atoms with Crippen molar-refractivity contribution >= 4 is 6.08 Å². The Morgan fingerprint density at radius 1 is 1.64 bits per heavy atom. The van der Waals surface area contributed by atoms with Gasteiger partial charge in [0.2, 0.25) is 6.08 Å². The smallest absolute Gasteiger partial charge is 0.235 e. The quantitative estimate of drug-likeness (QED) is 0.540. The minimum absolute atomic E-state index is 0.283. The highest BCUT2D eigenvalue weighted by atomic mass is 16.1. The number of rotatable bonds is 3. The Labute approximate surface area is 82.6 Å². The summed E-state index contributed by atoms with van der Waals surface area (Å²) in [5, 5.41) is 4.23. The molecule has 1 aliphatic rings. The molecule has 0 saturated heterocycles. The van der Waals surface area contributed by atoms with E-state index in [-0.39, 0.29) is 5.54 Å². The summed E-state index contributed by atoms with van der Waals surface area (Å²) in [5.74, 6) is 0. The van der Waals surface area contributed by atoms with Crippen molar-refractivity contribution in [3.05, 3.63) is 18.0 Å². The van der Waals surface area contributed by atoms with Crippen LogP contribution in [0, 0.1) is 0 Å². The van der Waals surface area contributed by atoms with E-state index in [1.807, 2.05) is 10.9 Å². The highest BCUT2D eigenvalue weighted by molar-refractivity contribution is 5.40. The number of aliphatic imine (C=N–C) groups is 1. The van der Waals surface area contributed by atoms with Crippen LogP contribution in [0.1, 0.15) is 38.3 Å². The third-order valence-electron chi connectivity index (χ3n) is 2.65. The third kappa shape index (κ3) is 1.38. The zero-order chi connectivity index (χ0) is 10.2. The number of hydrogen-bond donors (Lipinski definition) is 0. The molecule has 1 saturated carbocycles. The van der Waals surface area contributed by atoms with Crippen molar-refractivity contribution in [3.8, 4) is 0 Å². The van der Waals surface area contributed by atoms with E-state index in [0.717, 1.165) is 18.4 Å². The van der Waals surface area contributed by atoms with E-state index in [0.29, 0.717) is 6.04 Å². The molecule has 0 N–H and O–H groups in total. The van der Waals surface area contributed by atoms with Crippen LogP contribution < -0.4 is 0 Å². The molecule has 4 heteroatoms. The van der Waals surface area contributed by atoms with Crippen molar-refractivity contribution in [2.75, 3.05) is 0 Å². The first-order chi connectivity index (χ1) is 6.68. The lowest BCUT2D eigenvalue weighted by Crippen LogP contribution is -2.02. The van der Waals surface area contributed by atoms with Crippen LogP contribution in [0.5, 0.6) is 0 Å². The van der Waals surface area contributed by atoms with Crippen LogP contribution in [0.2, 0.25) is 0 Å². The second-order valence-electron chi connectivity index (χ2n) is 4.04. The zero-order valence-corrected chi connectivity index (χ0v) is 8.40. The van der Waals surface area contributed by atoms with Gasteiger partial charge in [0.15, 0.2) is 0 Å². The van der Waals surface area contributed by atoms with Crippen LogP contribution in [0.25, 0.3) is 0 Å². The molecule has 0 unspecified atom stereocenters. The van der Waals surface area contributed by atoms with Gasteiger partial charge in [0, 0.05) is 17.8 Å². The van der Waals surface area contributed by atoms with Crippen LogP contribution in [-0.4, -0.2) is 15.9 Å². The Bertz CT molecular complexity index is 384. The summed E-state index contributed by atoms with van der Waals surface area (Å²) in [6.45, 7) is 4.14. The monoisotopic (exact) mass is 191 g/mol. The molecule has 1 aromatic heterocycles. The van der Waals surface area contributed by atoms with E-state index in [9.17, 15) is 4.79 Å². The molecule has 1 aliphatic carbocycles. The van der Waals surface area contributed by atoms with Crippen LogP contribution in [0.4, 0.5) is 0 Å². The van der Waals surface area contributed by atoms with Gasteiger partial charge >= 0.3 is 0 Å². The second kappa shape index (κ2) is 3.07. The summed E-state index contributed by atoms with van der Waals surface area (Å²) >= 11 is 0. The summed E-state index contributed by atoms with van der Waals surface area (Å²) in [6.07, 6.45) is 7.29. The first-order valence-corrected chi connectivity index (χ1v) is 4.82. The van der Waals surface area contributed by atoms with Crippen LogP contribution in [0.15, 0.2) is 17.4 Å². The molecule has 1 heterocycles. The van der Waals surface area contributed by atoms with E-state index >= 15 is 0 Å². The Kier molecular flexibility index (Phi) is 2.01. The maximum absolute atomic E-state index is 10.3. The van der Waals surface area contributed by atoms with Gasteiger partial charge in [-0.25, -0.2) is 4.79 Å². The Morgan fingerprint density at radius 2 is 2.36 bits per heavy atom. The molecule has 0 atom stereocenters. The average Bonchev–Trinajstić information content (AvgIpc) is 2.77. The summed E-state index contributed by atoms with van der Waals surface area (Å²) in [6, 6.07) is 0.347. The van der Waals surface area contributed by atoms with Crippen LogP contribution in [-0.2, 0) is 10.3 Å². The fourth-order valence-corrected chi connectivity index (χ4v) is 1.53. The van der Waals surface area contributed by atoms with Gasteiger partial charge in [-0.15, -0.1) is 0 Å². The molecule has 0 spiro atoms. The fraction of sp³-hybridized carbons (Fsp3) is 0.600. The van der Waals surface area contributed by atoms with Crippen molar-refractivity contribution in [2.45, 2.75) is 38.3 Å². The molecule has 0 aromatic carbocycles. The maximum Gasteiger partial charge on any atom is 0.235 e. The largest absolute Gasteiger partial charge is 0.270 e. The summed E-state index contributed by atoms with van der Waals surface area (Å²) in [4.78, 5) is 14.1. The standard InChI is InChI=1S/C10H13N3O/c1-8(2)13-6-9(5-12-13)10(3-4-10)11-7-14/h5-6,8H,3-4H2,1-2H3. The molecule has 1 aromatic rings. The number of carbonyl (C=O) groups excluding carboxylic acids is 1. The first kappa shape index (κ1) is 9.16. The molecule has 0 radical (unpaired) electrons. The lowest BCUT2D eigenvalue weighted by atomic mass is 10.1. The molecule has 74 valence electrons. The van der Waals surface area contributed by atoms with Crippen molar-refractivity contribution in [1.82, 2.24) is 9.78 Å². The molecule has 4 nitrogen and oxygen atoms in total. The topological polar surface area (TPSA) is 47.2 Å². The average molecular weight is 191 g/mol. The number of nitrogens with zero attached hydrogens (tertiary/aromatic N) is 3. The van der Waals surface area contributed by atoms with Gasteiger partial charge in [0.1, 0.15) is 5.54 Å². The highest BCUT2D eigenvalue weighted by Gasteiger charge is 2.45. The molecule has 0 bridgehead atoms. The van der Waals surface area contributed by atoms with Gasteiger partial charge in [0.05, 0.1) is 6.20 Å². The summed E-state index contributed by atoms with van der Waals surface area (Å²) in [5.41, 5.74) is 0.754. The molecule has 14 heavy (non-hydrogen) atoms. The number of isocyanates is 1. The van der Waals surface area contributed by atoms with E-state index in [2.05, 4.69) is 23.9 Å². The SMILES string of the molecule is CC(C)n1cc(C2(N=C=O)CC2)cn1. The van der Waals surface area contributed by atoms with Crippen molar-refractivity contribution < 1.29 is 4.79 Å². The van der Waals surface area contributed by atoms with E-state index < -0.39 is 0 Å². The Balaban J connectivity index is 2.29. The van der Waals surface area contributed by atoms with Gasteiger partial charge in [-0.1, -0.05) is 0 Å². The zero-order valence-electron chi connectivity index (χ0n) is 8.40. The Morgan fingerprint density at radius 3 is 2.79 bits per heavy atom. The molecule has 1 fully saturated rings.